The van der Waals surface area contributed by atoms with Crippen LogP contribution in [0.25, 0.3) is 0 Å². The summed E-state index contributed by atoms with van der Waals surface area (Å²) in [6, 6.07) is 7.08. The van der Waals surface area contributed by atoms with E-state index in [-0.39, 0.29) is 18.4 Å². The third-order valence-electron chi connectivity index (χ3n) is 1.79. The fourth-order valence-corrected chi connectivity index (χ4v) is 1.47. The summed E-state index contributed by atoms with van der Waals surface area (Å²) < 4.78 is 2.97. The molecule has 0 aliphatic carbocycles. The second kappa shape index (κ2) is 5.41. The van der Waals surface area contributed by atoms with Gasteiger partial charge in [-0.3, -0.25) is 3.53 Å². The van der Waals surface area contributed by atoms with E-state index in [9.17, 15) is 0 Å². The Bertz CT molecular complexity index is 246. The molecule has 3 N–H and O–H groups in total. The SMILES string of the molecule is OCC(Cc1ccc(O)cc1)NI. The van der Waals surface area contributed by atoms with E-state index in [1.807, 2.05) is 35.0 Å². The normalized spacial score (nSPS) is 12.8. The molecule has 72 valence electrons. The molecule has 1 unspecified atom stereocenters. The minimum atomic E-state index is 0.0742. The van der Waals surface area contributed by atoms with Gasteiger partial charge in [0.1, 0.15) is 5.75 Å². The van der Waals surface area contributed by atoms with Gasteiger partial charge in [-0.05, 0) is 24.1 Å². The summed E-state index contributed by atoms with van der Waals surface area (Å²) in [5, 5.41) is 18.0. The van der Waals surface area contributed by atoms with Gasteiger partial charge in [0.05, 0.1) is 6.61 Å². The lowest BCUT2D eigenvalue weighted by Crippen LogP contribution is -2.26. The van der Waals surface area contributed by atoms with Crippen molar-refractivity contribution in [2.75, 3.05) is 6.61 Å². The number of benzene rings is 1. The van der Waals surface area contributed by atoms with E-state index >= 15 is 0 Å². The van der Waals surface area contributed by atoms with Crippen LogP contribution in [0.3, 0.4) is 0 Å². The van der Waals surface area contributed by atoms with Crippen molar-refractivity contribution >= 4 is 22.9 Å². The minimum Gasteiger partial charge on any atom is -0.508 e. The molecule has 13 heavy (non-hydrogen) atoms. The highest BCUT2D eigenvalue weighted by Crippen LogP contribution is 2.11. The molecule has 0 spiro atoms. The van der Waals surface area contributed by atoms with Crippen LogP contribution in [0.1, 0.15) is 5.56 Å². The summed E-state index contributed by atoms with van der Waals surface area (Å²) >= 11 is 2.02. The first kappa shape index (κ1) is 10.7. The smallest absolute Gasteiger partial charge is 0.115 e. The Kier molecular flexibility index (Phi) is 4.47. The quantitative estimate of drug-likeness (QED) is 0.578. The average Bonchev–Trinajstić information content (AvgIpc) is 2.17. The molecule has 0 aliphatic rings. The van der Waals surface area contributed by atoms with Crippen molar-refractivity contribution in [2.45, 2.75) is 12.5 Å². The molecule has 1 aromatic carbocycles. The first-order valence-corrected chi connectivity index (χ1v) is 5.09. The maximum Gasteiger partial charge on any atom is 0.115 e. The molecule has 1 atom stereocenters. The predicted molar refractivity (Wildman–Crippen MR) is 59.8 cm³/mol. The van der Waals surface area contributed by atoms with Crippen LogP contribution in [-0.4, -0.2) is 22.9 Å². The number of aromatic hydroxyl groups is 1. The number of hydrogen-bond acceptors (Lipinski definition) is 3. The van der Waals surface area contributed by atoms with Crippen molar-refractivity contribution in [2.24, 2.45) is 0 Å². The molecule has 0 saturated heterocycles. The lowest BCUT2D eigenvalue weighted by molar-refractivity contribution is 0.261. The number of phenolic OH excluding ortho intramolecular Hbond substituents is 1. The number of aliphatic hydroxyl groups is 1. The number of nitrogens with one attached hydrogen (secondary N) is 1. The van der Waals surface area contributed by atoms with Crippen LogP contribution in [0.15, 0.2) is 24.3 Å². The summed E-state index contributed by atoms with van der Waals surface area (Å²) in [5.74, 6) is 0.270. The first-order valence-electron chi connectivity index (χ1n) is 4.01. The fourth-order valence-electron chi connectivity index (χ4n) is 1.05. The van der Waals surface area contributed by atoms with Gasteiger partial charge >= 0.3 is 0 Å². The zero-order valence-electron chi connectivity index (χ0n) is 7.07. The van der Waals surface area contributed by atoms with Crippen molar-refractivity contribution < 1.29 is 10.2 Å². The van der Waals surface area contributed by atoms with E-state index in [0.29, 0.717) is 0 Å². The zero-order valence-corrected chi connectivity index (χ0v) is 9.23. The van der Waals surface area contributed by atoms with Crippen LogP contribution in [0.4, 0.5) is 0 Å². The second-order valence-corrected chi connectivity index (χ2v) is 3.48. The van der Waals surface area contributed by atoms with Crippen LogP contribution in [-0.2, 0) is 6.42 Å². The van der Waals surface area contributed by atoms with E-state index in [1.54, 1.807) is 12.1 Å². The largest absolute Gasteiger partial charge is 0.508 e. The lowest BCUT2D eigenvalue weighted by atomic mass is 10.1. The lowest BCUT2D eigenvalue weighted by Gasteiger charge is -2.11. The minimum absolute atomic E-state index is 0.0742. The van der Waals surface area contributed by atoms with Crippen molar-refractivity contribution in [1.82, 2.24) is 3.53 Å². The van der Waals surface area contributed by atoms with Gasteiger partial charge in [0, 0.05) is 28.9 Å². The molecule has 3 nitrogen and oxygen atoms in total. The summed E-state index contributed by atoms with van der Waals surface area (Å²) in [5.41, 5.74) is 1.10. The summed E-state index contributed by atoms with van der Waals surface area (Å²) in [7, 11) is 0. The molecule has 4 heteroatoms. The first-order chi connectivity index (χ1) is 6.26. The molecule has 0 saturated carbocycles. The maximum atomic E-state index is 9.04. The fraction of sp³-hybridized carbons (Fsp3) is 0.333. The van der Waals surface area contributed by atoms with Gasteiger partial charge in [0.25, 0.3) is 0 Å². The predicted octanol–water partition coefficient (Wildman–Crippen LogP) is 1.24. The van der Waals surface area contributed by atoms with E-state index < -0.39 is 0 Å². The Labute approximate surface area is 91.3 Å². The second-order valence-electron chi connectivity index (χ2n) is 2.86. The van der Waals surface area contributed by atoms with Gasteiger partial charge in [-0.25, -0.2) is 0 Å². The molecule has 0 amide bonds. The summed E-state index contributed by atoms with van der Waals surface area (Å²) in [6.45, 7) is 0.115. The molecule has 0 bridgehead atoms. The highest BCUT2D eigenvalue weighted by molar-refractivity contribution is 14.1. The molecular weight excluding hydrogens is 281 g/mol. The zero-order chi connectivity index (χ0) is 9.68. The van der Waals surface area contributed by atoms with Gasteiger partial charge in [-0.2, -0.15) is 0 Å². The maximum absolute atomic E-state index is 9.04. The Balaban J connectivity index is 2.58. The number of phenols is 1. The molecule has 0 fully saturated rings. The van der Waals surface area contributed by atoms with E-state index in [0.717, 1.165) is 12.0 Å². The topological polar surface area (TPSA) is 52.5 Å². The Morgan fingerprint density at radius 1 is 1.31 bits per heavy atom. The van der Waals surface area contributed by atoms with E-state index in [2.05, 4.69) is 3.53 Å². The Hall–Kier alpha value is -0.330. The highest BCUT2D eigenvalue weighted by Gasteiger charge is 2.05. The highest BCUT2D eigenvalue weighted by atomic mass is 127. The van der Waals surface area contributed by atoms with Gasteiger partial charge in [0.2, 0.25) is 0 Å². The number of rotatable bonds is 4. The van der Waals surface area contributed by atoms with Crippen molar-refractivity contribution in [3.05, 3.63) is 29.8 Å². The third kappa shape index (κ3) is 3.50. The Morgan fingerprint density at radius 3 is 2.38 bits per heavy atom. The number of halogens is 1. The van der Waals surface area contributed by atoms with Gasteiger partial charge in [0.15, 0.2) is 0 Å². The van der Waals surface area contributed by atoms with Crippen LogP contribution in [0, 0.1) is 0 Å². The average molecular weight is 293 g/mol. The van der Waals surface area contributed by atoms with Gasteiger partial charge in [-0.15, -0.1) is 0 Å². The summed E-state index contributed by atoms with van der Waals surface area (Å²) in [6.07, 6.45) is 0.764. The molecule has 0 aromatic heterocycles. The third-order valence-corrected chi connectivity index (χ3v) is 2.67. The van der Waals surface area contributed by atoms with Gasteiger partial charge in [-0.1, -0.05) is 12.1 Å². The summed E-state index contributed by atoms with van der Waals surface area (Å²) in [4.78, 5) is 0. The molecule has 0 heterocycles. The molecule has 1 aromatic rings. The van der Waals surface area contributed by atoms with Crippen LogP contribution < -0.4 is 3.53 Å². The van der Waals surface area contributed by atoms with Crippen molar-refractivity contribution in [3.8, 4) is 5.75 Å². The van der Waals surface area contributed by atoms with Crippen molar-refractivity contribution in [3.63, 3.8) is 0 Å². The monoisotopic (exact) mass is 293 g/mol. The molecule has 0 aliphatic heterocycles. The Morgan fingerprint density at radius 2 is 1.92 bits per heavy atom. The van der Waals surface area contributed by atoms with E-state index in [4.69, 9.17) is 10.2 Å². The van der Waals surface area contributed by atoms with Crippen LogP contribution in [0.2, 0.25) is 0 Å². The van der Waals surface area contributed by atoms with Crippen molar-refractivity contribution in [1.29, 1.82) is 0 Å². The van der Waals surface area contributed by atoms with E-state index in [1.165, 1.54) is 0 Å². The number of hydrogen-bond donors (Lipinski definition) is 3. The molecule has 0 radical (unpaired) electrons. The van der Waals surface area contributed by atoms with Crippen LogP contribution >= 0.6 is 22.9 Å². The molecule has 1 rings (SSSR count). The van der Waals surface area contributed by atoms with Gasteiger partial charge < -0.3 is 10.2 Å². The standard InChI is InChI=1S/C9H12INO2/c10-11-8(6-12)5-7-1-3-9(13)4-2-7/h1-4,8,11-13H,5-6H2. The number of aliphatic hydroxyl groups excluding tert-OH is 1. The molecular formula is C9H12INO2. The van der Waals surface area contributed by atoms with Crippen LogP contribution in [0.5, 0.6) is 5.75 Å².